The molecule has 0 spiro atoms. The number of benzene rings is 2. The number of piperazine rings is 1. The van der Waals surface area contributed by atoms with Gasteiger partial charge in [-0.1, -0.05) is 18.2 Å². The normalized spacial score (nSPS) is 15.8. The maximum atomic E-state index is 12.9. The first-order chi connectivity index (χ1) is 14.8. The third-order valence-corrected chi connectivity index (χ3v) is 5.49. The summed E-state index contributed by atoms with van der Waals surface area (Å²) in [6.07, 6.45) is -2.35. The van der Waals surface area contributed by atoms with E-state index < -0.39 is 11.7 Å². The van der Waals surface area contributed by atoms with E-state index >= 15 is 0 Å². The summed E-state index contributed by atoms with van der Waals surface area (Å²) in [6.45, 7) is 7.98. The van der Waals surface area contributed by atoms with E-state index in [0.29, 0.717) is 23.7 Å². The molecule has 1 heterocycles. The van der Waals surface area contributed by atoms with Gasteiger partial charge in [0.15, 0.2) is 11.5 Å². The van der Waals surface area contributed by atoms with Crippen molar-refractivity contribution < 1.29 is 22.6 Å². The highest BCUT2D eigenvalue weighted by Gasteiger charge is 2.30. The lowest BCUT2D eigenvalue weighted by molar-refractivity contribution is -0.137. The zero-order chi connectivity index (χ0) is 22.3. The molecule has 1 fully saturated rings. The van der Waals surface area contributed by atoms with Crippen LogP contribution in [-0.2, 0) is 19.2 Å². The first kappa shape index (κ1) is 23.4. The Morgan fingerprint density at radius 2 is 1.68 bits per heavy atom. The van der Waals surface area contributed by atoms with Crippen molar-refractivity contribution in [2.45, 2.75) is 32.5 Å². The van der Waals surface area contributed by atoms with Crippen molar-refractivity contribution in [2.75, 3.05) is 46.4 Å². The highest BCUT2D eigenvalue weighted by molar-refractivity contribution is 5.43. The summed E-state index contributed by atoms with van der Waals surface area (Å²) in [5.74, 6) is 1.17. The van der Waals surface area contributed by atoms with Gasteiger partial charge in [0.25, 0.3) is 0 Å². The van der Waals surface area contributed by atoms with Gasteiger partial charge >= 0.3 is 6.18 Å². The molecule has 7 heteroatoms. The summed E-state index contributed by atoms with van der Waals surface area (Å²) in [6, 6.07) is 11.0. The molecule has 3 rings (SSSR count). The first-order valence-electron chi connectivity index (χ1n) is 10.8. The molecular weight excluding hydrogens is 405 g/mol. The van der Waals surface area contributed by atoms with Gasteiger partial charge in [-0.05, 0) is 68.8 Å². The Morgan fingerprint density at radius 3 is 2.39 bits per heavy atom. The van der Waals surface area contributed by atoms with Crippen molar-refractivity contribution in [1.29, 1.82) is 0 Å². The van der Waals surface area contributed by atoms with Crippen LogP contribution in [0, 0.1) is 0 Å². The number of aryl methyl sites for hydroxylation is 1. The van der Waals surface area contributed by atoms with Crippen LogP contribution in [0.1, 0.15) is 30.0 Å². The Hall–Kier alpha value is -2.25. The number of hydrogen-bond acceptors (Lipinski definition) is 4. The Morgan fingerprint density at radius 1 is 0.903 bits per heavy atom. The lowest BCUT2D eigenvalue weighted by atomic mass is 10.1. The molecule has 2 aromatic carbocycles. The molecule has 0 N–H and O–H groups in total. The Kier molecular flexibility index (Phi) is 8.21. The summed E-state index contributed by atoms with van der Waals surface area (Å²) < 4.78 is 50.3. The van der Waals surface area contributed by atoms with E-state index in [1.165, 1.54) is 11.6 Å². The summed E-state index contributed by atoms with van der Waals surface area (Å²) in [5.41, 5.74) is 0.965. The smallest absolute Gasteiger partial charge is 0.416 e. The van der Waals surface area contributed by atoms with Gasteiger partial charge in [-0.3, -0.25) is 0 Å². The van der Waals surface area contributed by atoms with Gasteiger partial charge in [0.05, 0.1) is 12.2 Å². The van der Waals surface area contributed by atoms with E-state index in [1.54, 1.807) is 6.07 Å². The molecule has 31 heavy (non-hydrogen) atoms. The summed E-state index contributed by atoms with van der Waals surface area (Å²) in [4.78, 5) is 4.85. The summed E-state index contributed by atoms with van der Waals surface area (Å²) in [7, 11) is 2.16. The molecule has 0 amide bonds. The molecule has 4 nitrogen and oxygen atoms in total. The average Bonchev–Trinajstić information content (AvgIpc) is 2.74. The minimum atomic E-state index is -4.36. The highest BCUT2D eigenvalue weighted by atomic mass is 19.4. The molecule has 0 aromatic heterocycles. The molecule has 0 atom stereocenters. The number of rotatable bonds is 9. The van der Waals surface area contributed by atoms with Gasteiger partial charge in [-0.25, -0.2) is 0 Å². The zero-order valence-corrected chi connectivity index (χ0v) is 18.3. The van der Waals surface area contributed by atoms with Crippen LogP contribution >= 0.6 is 0 Å². The van der Waals surface area contributed by atoms with Crippen LogP contribution in [0.5, 0.6) is 11.5 Å². The number of alkyl halides is 3. The first-order valence-corrected chi connectivity index (χ1v) is 10.8. The molecule has 0 radical (unpaired) electrons. The Bertz CT molecular complexity index is 834. The van der Waals surface area contributed by atoms with Gasteiger partial charge in [-0.15, -0.1) is 0 Å². The quantitative estimate of drug-likeness (QED) is 0.560. The standard InChI is InChI=1S/C24H31F3N2O2/c1-3-30-23-17-19(7-5-11-29-14-12-28(2)13-15-29)9-10-22(23)31-18-20-6-4-8-21(16-20)24(25,26)27/h4,6,8-10,16-17H,3,5,7,11-15,18H2,1-2H3. The summed E-state index contributed by atoms with van der Waals surface area (Å²) in [5, 5.41) is 0. The molecule has 170 valence electrons. The van der Waals surface area contributed by atoms with Crippen molar-refractivity contribution >= 4 is 0 Å². The van der Waals surface area contributed by atoms with E-state index in [-0.39, 0.29) is 6.61 Å². The van der Waals surface area contributed by atoms with E-state index in [2.05, 4.69) is 16.8 Å². The second-order valence-corrected chi connectivity index (χ2v) is 7.95. The third-order valence-electron chi connectivity index (χ3n) is 5.49. The number of hydrogen-bond donors (Lipinski definition) is 0. The van der Waals surface area contributed by atoms with Crippen LogP contribution in [-0.4, -0.2) is 56.2 Å². The number of likely N-dealkylation sites (N-methyl/N-ethyl adjacent to an activating group) is 1. The van der Waals surface area contributed by atoms with Crippen molar-refractivity contribution in [3.63, 3.8) is 0 Å². The van der Waals surface area contributed by atoms with Crippen molar-refractivity contribution in [1.82, 2.24) is 9.80 Å². The van der Waals surface area contributed by atoms with Gasteiger partial charge in [0.2, 0.25) is 0 Å². The molecule has 0 bridgehead atoms. The van der Waals surface area contributed by atoms with Crippen molar-refractivity contribution in [3.05, 3.63) is 59.2 Å². The third kappa shape index (κ3) is 7.14. The highest BCUT2D eigenvalue weighted by Crippen LogP contribution is 2.32. The zero-order valence-electron chi connectivity index (χ0n) is 18.3. The predicted octanol–water partition coefficient (Wildman–Crippen LogP) is 4.86. The number of halogens is 3. The van der Waals surface area contributed by atoms with Gasteiger partial charge < -0.3 is 19.3 Å². The lowest BCUT2D eigenvalue weighted by Gasteiger charge is -2.32. The predicted molar refractivity (Wildman–Crippen MR) is 116 cm³/mol. The minimum absolute atomic E-state index is 0.0484. The second kappa shape index (κ2) is 10.9. The van der Waals surface area contributed by atoms with Crippen LogP contribution in [0.2, 0.25) is 0 Å². The maximum absolute atomic E-state index is 12.9. The molecular formula is C24H31F3N2O2. The van der Waals surface area contributed by atoms with Crippen LogP contribution in [0.15, 0.2) is 42.5 Å². The molecule has 0 saturated carbocycles. The molecule has 2 aromatic rings. The maximum Gasteiger partial charge on any atom is 0.416 e. The van der Waals surface area contributed by atoms with E-state index in [9.17, 15) is 13.2 Å². The Balaban J connectivity index is 1.57. The fraction of sp³-hybridized carbons (Fsp3) is 0.500. The van der Waals surface area contributed by atoms with Crippen LogP contribution < -0.4 is 9.47 Å². The Labute approximate surface area is 182 Å². The largest absolute Gasteiger partial charge is 0.490 e. The number of ether oxygens (including phenoxy) is 2. The minimum Gasteiger partial charge on any atom is -0.490 e. The van der Waals surface area contributed by atoms with Gasteiger partial charge in [0, 0.05) is 26.2 Å². The van der Waals surface area contributed by atoms with Crippen LogP contribution in [0.4, 0.5) is 13.2 Å². The molecule has 1 saturated heterocycles. The van der Waals surface area contributed by atoms with Crippen molar-refractivity contribution in [2.24, 2.45) is 0 Å². The molecule has 0 unspecified atom stereocenters. The van der Waals surface area contributed by atoms with E-state index in [0.717, 1.165) is 57.7 Å². The SMILES string of the molecule is CCOc1cc(CCCN2CCN(C)CC2)ccc1OCc1cccc(C(F)(F)F)c1. The lowest BCUT2D eigenvalue weighted by Crippen LogP contribution is -2.44. The summed E-state index contributed by atoms with van der Waals surface area (Å²) >= 11 is 0. The fourth-order valence-electron chi connectivity index (χ4n) is 3.67. The molecule has 1 aliphatic heterocycles. The monoisotopic (exact) mass is 436 g/mol. The van der Waals surface area contributed by atoms with Crippen molar-refractivity contribution in [3.8, 4) is 11.5 Å². The second-order valence-electron chi connectivity index (χ2n) is 7.95. The van der Waals surface area contributed by atoms with E-state index in [1.807, 2.05) is 25.1 Å². The fourth-order valence-corrected chi connectivity index (χ4v) is 3.67. The van der Waals surface area contributed by atoms with Crippen LogP contribution in [0.25, 0.3) is 0 Å². The van der Waals surface area contributed by atoms with Crippen LogP contribution in [0.3, 0.4) is 0 Å². The van der Waals surface area contributed by atoms with Gasteiger partial charge in [0.1, 0.15) is 6.61 Å². The molecule has 1 aliphatic rings. The number of nitrogens with zero attached hydrogens (tertiary/aromatic N) is 2. The van der Waals surface area contributed by atoms with E-state index in [4.69, 9.17) is 9.47 Å². The van der Waals surface area contributed by atoms with Gasteiger partial charge in [-0.2, -0.15) is 13.2 Å². The molecule has 0 aliphatic carbocycles. The average molecular weight is 437 g/mol. The topological polar surface area (TPSA) is 24.9 Å².